The molecule has 0 radical (unpaired) electrons. The van der Waals surface area contributed by atoms with Crippen LogP contribution in [0.5, 0.6) is 5.75 Å². The molecule has 1 aromatic heterocycles. The molecule has 1 aliphatic rings. The molecular formula is C16H20N2O4S. The zero-order valence-electron chi connectivity index (χ0n) is 13.2. The van der Waals surface area contributed by atoms with Gasteiger partial charge < -0.3 is 9.15 Å². The summed E-state index contributed by atoms with van der Waals surface area (Å²) < 4.78 is 34.0. The number of benzene rings is 1. The maximum Gasteiger partial charge on any atom is 0.209 e. The number of rotatable bonds is 5. The van der Waals surface area contributed by atoms with Crippen molar-refractivity contribution in [2.75, 3.05) is 25.7 Å². The smallest absolute Gasteiger partial charge is 0.209 e. The monoisotopic (exact) mass is 336 g/mol. The molecule has 1 aliphatic heterocycles. The van der Waals surface area contributed by atoms with Crippen LogP contribution in [0.3, 0.4) is 0 Å². The van der Waals surface area contributed by atoms with Crippen LogP contribution in [0.1, 0.15) is 12.3 Å². The lowest BCUT2D eigenvalue weighted by atomic mass is 10.2. The fourth-order valence-electron chi connectivity index (χ4n) is 2.74. The standard InChI is InChI=1S/C16H20N2O4S/c1-18(13-7-8-23(19,20)11-13)10-16-17-9-15(22-16)12-3-5-14(21-2)6-4-12/h3-6,9,13H,7-8,10-11H2,1-2H3. The highest BCUT2D eigenvalue weighted by Gasteiger charge is 2.31. The third-order valence-corrected chi connectivity index (χ3v) is 5.89. The van der Waals surface area contributed by atoms with Gasteiger partial charge >= 0.3 is 0 Å². The van der Waals surface area contributed by atoms with Crippen molar-refractivity contribution in [2.45, 2.75) is 19.0 Å². The number of nitrogens with zero attached hydrogens (tertiary/aromatic N) is 2. The Morgan fingerprint density at radius 3 is 2.70 bits per heavy atom. The molecule has 3 rings (SSSR count). The molecule has 0 aliphatic carbocycles. The van der Waals surface area contributed by atoms with Gasteiger partial charge in [-0.2, -0.15) is 0 Å². The van der Waals surface area contributed by atoms with E-state index in [0.717, 1.165) is 11.3 Å². The van der Waals surface area contributed by atoms with Gasteiger partial charge in [0.05, 0.1) is 31.4 Å². The summed E-state index contributed by atoms with van der Waals surface area (Å²) in [6.07, 6.45) is 2.36. The highest BCUT2D eigenvalue weighted by Crippen LogP contribution is 2.24. The van der Waals surface area contributed by atoms with Crippen LogP contribution in [0.2, 0.25) is 0 Å². The minimum atomic E-state index is -2.88. The first-order valence-corrected chi connectivity index (χ1v) is 9.29. The van der Waals surface area contributed by atoms with Gasteiger partial charge in [0.1, 0.15) is 5.75 Å². The first kappa shape index (κ1) is 16.0. The first-order valence-electron chi connectivity index (χ1n) is 7.46. The summed E-state index contributed by atoms with van der Waals surface area (Å²) in [6.45, 7) is 0.496. The normalized spacial score (nSPS) is 20.0. The van der Waals surface area contributed by atoms with Crippen LogP contribution in [0.15, 0.2) is 34.9 Å². The summed E-state index contributed by atoms with van der Waals surface area (Å²) in [5.74, 6) is 2.55. The van der Waals surface area contributed by atoms with Gasteiger partial charge in [0, 0.05) is 11.6 Å². The molecule has 0 spiro atoms. The van der Waals surface area contributed by atoms with Crippen LogP contribution in [0.4, 0.5) is 0 Å². The van der Waals surface area contributed by atoms with E-state index in [4.69, 9.17) is 9.15 Å². The summed E-state index contributed by atoms with van der Waals surface area (Å²) in [5.41, 5.74) is 0.927. The maximum atomic E-state index is 11.6. The minimum Gasteiger partial charge on any atom is -0.497 e. The molecule has 0 bridgehead atoms. The molecule has 1 unspecified atom stereocenters. The molecule has 124 valence electrons. The Morgan fingerprint density at radius 1 is 1.35 bits per heavy atom. The van der Waals surface area contributed by atoms with Gasteiger partial charge in [0.25, 0.3) is 0 Å². The molecule has 0 saturated carbocycles. The lowest BCUT2D eigenvalue weighted by molar-refractivity contribution is 0.230. The van der Waals surface area contributed by atoms with Crippen LogP contribution in [0, 0.1) is 0 Å². The van der Waals surface area contributed by atoms with E-state index >= 15 is 0 Å². The van der Waals surface area contributed by atoms with Crippen LogP contribution < -0.4 is 4.74 Å². The lowest BCUT2D eigenvalue weighted by Gasteiger charge is -2.20. The van der Waals surface area contributed by atoms with Gasteiger partial charge in [0.2, 0.25) is 5.89 Å². The lowest BCUT2D eigenvalue weighted by Crippen LogP contribution is -2.32. The van der Waals surface area contributed by atoms with E-state index < -0.39 is 9.84 Å². The van der Waals surface area contributed by atoms with Gasteiger partial charge in [-0.05, 0) is 37.7 Å². The topological polar surface area (TPSA) is 72.6 Å². The SMILES string of the molecule is COc1ccc(-c2cnc(CN(C)C3CCS(=O)(=O)C3)o2)cc1. The Balaban J connectivity index is 1.67. The largest absolute Gasteiger partial charge is 0.497 e. The molecule has 1 fully saturated rings. The van der Waals surface area contributed by atoms with Gasteiger partial charge in [-0.15, -0.1) is 0 Å². The van der Waals surface area contributed by atoms with Gasteiger partial charge in [-0.3, -0.25) is 4.90 Å². The number of sulfone groups is 1. The van der Waals surface area contributed by atoms with Crippen molar-refractivity contribution in [3.63, 3.8) is 0 Å². The molecule has 0 amide bonds. The predicted molar refractivity (Wildman–Crippen MR) is 87.0 cm³/mol. The number of oxazole rings is 1. The summed E-state index contributed by atoms with van der Waals surface area (Å²) >= 11 is 0. The van der Waals surface area contributed by atoms with Crippen molar-refractivity contribution in [1.82, 2.24) is 9.88 Å². The van der Waals surface area contributed by atoms with E-state index in [9.17, 15) is 8.42 Å². The highest BCUT2D eigenvalue weighted by molar-refractivity contribution is 7.91. The Bertz CT molecular complexity index is 768. The van der Waals surface area contributed by atoms with Crippen LogP contribution in [-0.2, 0) is 16.4 Å². The van der Waals surface area contributed by atoms with Crippen molar-refractivity contribution >= 4 is 9.84 Å². The van der Waals surface area contributed by atoms with Crippen LogP contribution >= 0.6 is 0 Å². The summed E-state index contributed by atoms with van der Waals surface area (Å²) in [7, 11) is 0.649. The van der Waals surface area contributed by atoms with E-state index in [0.29, 0.717) is 24.6 Å². The second kappa shape index (κ2) is 6.33. The summed E-state index contributed by atoms with van der Waals surface area (Å²) in [6, 6.07) is 7.60. The van der Waals surface area contributed by atoms with Crippen molar-refractivity contribution in [3.8, 4) is 17.1 Å². The molecule has 0 N–H and O–H groups in total. The number of ether oxygens (including phenoxy) is 1. The average Bonchev–Trinajstić information content (AvgIpc) is 3.14. The summed E-state index contributed by atoms with van der Waals surface area (Å²) in [4.78, 5) is 6.29. The van der Waals surface area contributed by atoms with Gasteiger partial charge in [-0.1, -0.05) is 0 Å². The minimum absolute atomic E-state index is 0.0383. The number of hydrogen-bond donors (Lipinski definition) is 0. The van der Waals surface area contributed by atoms with Crippen molar-refractivity contribution < 1.29 is 17.6 Å². The average molecular weight is 336 g/mol. The van der Waals surface area contributed by atoms with Gasteiger partial charge in [-0.25, -0.2) is 13.4 Å². The van der Waals surface area contributed by atoms with E-state index in [2.05, 4.69) is 4.98 Å². The van der Waals surface area contributed by atoms with E-state index in [-0.39, 0.29) is 17.5 Å². The zero-order valence-corrected chi connectivity index (χ0v) is 14.0. The highest BCUT2D eigenvalue weighted by atomic mass is 32.2. The molecular weight excluding hydrogens is 316 g/mol. The van der Waals surface area contributed by atoms with Crippen LogP contribution in [0.25, 0.3) is 11.3 Å². The molecule has 23 heavy (non-hydrogen) atoms. The molecule has 2 heterocycles. The fraction of sp³-hybridized carbons (Fsp3) is 0.438. The molecule has 1 saturated heterocycles. The zero-order chi connectivity index (χ0) is 16.4. The Labute approximate surface area is 136 Å². The Morgan fingerprint density at radius 2 is 2.09 bits per heavy atom. The van der Waals surface area contributed by atoms with Crippen molar-refractivity contribution in [3.05, 3.63) is 36.4 Å². The van der Waals surface area contributed by atoms with Crippen molar-refractivity contribution in [1.29, 1.82) is 0 Å². The van der Waals surface area contributed by atoms with E-state index in [1.807, 2.05) is 36.2 Å². The maximum absolute atomic E-state index is 11.6. The molecule has 2 aromatic rings. The molecule has 1 aromatic carbocycles. The fourth-order valence-corrected chi connectivity index (χ4v) is 4.54. The molecule has 7 heteroatoms. The van der Waals surface area contributed by atoms with Crippen molar-refractivity contribution in [2.24, 2.45) is 0 Å². The molecule has 1 atom stereocenters. The van der Waals surface area contributed by atoms with E-state index in [1.165, 1.54) is 0 Å². The quantitative estimate of drug-likeness (QED) is 0.831. The third kappa shape index (κ3) is 3.73. The Hall–Kier alpha value is -1.86. The number of methoxy groups -OCH3 is 1. The number of hydrogen-bond acceptors (Lipinski definition) is 6. The van der Waals surface area contributed by atoms with E-state index in [1.54, 1.807) is 13.3 Å². The Kier molecular flexibility index (Phi) is 4.41. The molecule has 6 nitrogen and oxygen atoms in total. The third-order valence-electron chi connectivity index (χ3n) is 4.14. The predicted octanol–water partition coefficient (Wildman–Crippen LogP) is 1.97. The summed E-state index contributed by atoms with van der Waals surface area (Å²) in [5, 5.41) is 0. The second-order valence-electron chi connectivity index (χ2n) is 5.82. The number of aromatic nitrogens is 1. The first-order chi connectivity index (χ1) is 11.0. The second-order valence-corrected chi connectivity index (χ2v) is 8.05. The van der Waals surface area contributed by atoms with Gasteiger partial charge in [0.15, 0.2) is 15.6 Å². The van der Waals surface area contributed by atoms with Crippen LogP contribution in [-0.4, -0.2) is 50.0 Å².